The van der Waals surface area contributed by atoms with Crippen LogP contribution in [0.2, 0.25) is 0 Å². The fourth-order valence-corrected chi connectivity index (χ4v) is 3.83. The largest absolute Gasteiger partial charge is 0.383 e. The Labute approximate surface area is 128 Å². The van der Waals surface area contributed by atoms with Crippen molar-refractivity contribution in [2.24, 2.45) is 16.5 Å². The van der Waals surface area contributed by atoms with Gasteiger partial charge in [-0.2, -0.15) is 0 Å². The molecule has 0 bridgehead atoms. The maximum atomic E-state index is 12.7. The summed E-state index contributed by atoms with van der Waals surface area (Å²) in [5, 5.41) is 2.90. The van der Waals surface area contributed by atoms with Gasteiger partial charge in [-0.15, -0.1) is 0 Å². The minimum Gasteiger partial charge on any atom is -0.383 e. The van der Waals surface area contributed by atoms with E-state index in [9.17, 15) is 8.42 Å². The molecule has 2 heterocycles. The Hall–Kier alpha value is -2.32. The maximum absolute atomic E-state index is 12.7. The highest BCUT2D eigenvalue weighted by atomic mass is 32.2. The summed E-state index contributed by atoms with van der Waals surface area (Å²) in [5.74, 6) is -0.703. The van der Waals surface area contributed by atoms with Crippen LogP contribution < -0.4 is 16.8 Å². The van der Waals surface area contributed by atoms with Crippen LogP contribution in [0.5, 0.6) is 0 Å². The molecule has 0 amide bonds. The summed E-state index contributed by atoms with van der Waals surface area (Å²) in [6.07, 6.45) is 1.46. The fourth-order valence-electron chi connectivity index (χ4n) is 2.41. The molecule has 1 aliphatic heterocycles. The molecular formula is C14H17N5O2S. The molecule has 1 unspecified atom stereocenters. The zero-order valence-corrected chi connectivity index (χ0v) is 12.8. The summed E-state index contributed by atoms with van der Waals surface area (Å²) in [6, 6.07) is 10.6. The van der Waals surface area contributed by atoms with Crippen LogP contribution in [0.3, 0.4) is 0 Å². The number of nitrogens with one attached hydrogen (secondary N) is 1. The first-order chi connectivity index (χ1) is 10.3. The molecule has 1 aromatic heterocycles. The lowest BCUT2D eigenvalue weighted by molar-refractivity contribution is 0.555. The number of amidine groups is 1. The monoisotopic (exact) mass is 319 g/mol. The third-order valence-electron chi connectivity index (χ3n) is 3.34. The number of hydrogen-bond donors (Lipinski definition) is 3. The number of rotatable bonds is 3. The fraction of sp³-hybridized carbons (Fsp3) is 0.214. The van der Waals surface area contributed by atoms with Gasteiger partial charge in [0.15, 0.2) is 5.79 Å². The van der Waals surface area contributed by atoms with Crippen molar-refractivity contribution in [3.8, 4) is 0 Å². The highest BCUT2D eigenvalue weighted by molar-refractivity contribution is 7.89. The second kappa shape index (κ2) is 4.85. The van der Waals surface area contributed by atoms with E-state index in [4.69, 9.17) is 11.5 Å². The molecule has 1 aliphatic rings. The van der Waals surface area contributed by atoms with Crippen molar-refractivity contribution in [1.82, 2.24) is 3.97 Å². The first-order valence-corrected chi connectivity index (χ1v) is 8.31. The molecule has 116 valence electrons. The molecule has 5 N–H and O–H groups in total. The van der Waals surface area contributed by atoms with Crippen molar-refractivity contribution in [3.63, 3.8) is 0 Å². The lowest BCUT2D eigenvalue weighted by atomic mass is 10.2. The summed E-state index contributed by atoms with van der Waals surface area (Å²) in [7, 11) is -3.60. The Morgan fingerprint density at radius 3 is 2.64 bits per heavy atom. The average Bonchev–Trinajstić information content (AvgIpc) is 2.82. The van der Waals surface area contributed by atoms with E-state index in [1.807, 2.05) is 6.07 Å². The Balaban J connectivity index is 2.02. The number of aromatic nitrogens is 1. The molecule has 1 aromatic carbocycles. The highest BCUT2D eigenvalue weighted by Gasteiger charge is 2.30. The summed E-state index contributed by atoms with van der Waals surface area (Å²) >= 11 is 0. The summed E-state index contributed by atoms with van der Waals surface area (Å²) in [4.78, 5) is 4.09. The molecule has 3 rings (SSSR count). The van der Waals surface area contributed by atoms with Gasteiger partial charge >= 0.3 is 0 Å². The van der Waals surface area contributed by atoms with Gasteiger partial charge in [0.25, 0.3) is 0 Å². The predicted octanol–water partition coefficient (Wildman–Crippen LogP) is 0.629. The van der Waals surface area contributed by atoms with Gasteiger partial charge in [0.05, 0.1) is 11.3 Å². The minimum absolute atomic E-state index is 0.116. The molecular weight excluding hydrogens is 302 g/mol. The van der Waals surface area contributed by atoms with E-state index in [1.165, 1.54) is 10.2 Å². The van der Waals surface area contributed by atoms with Gasteiger partial charge in [-0.1, -0.05) is 30.3 Å². The molecule has 0 saturated carbocycles. The normalized spacial score (nSPS) is 20.9. The molecule has 0 saturated heterocycles. The molecule has 7 nitrogen and oxygen atoms in total. The Kier molecular flexibility index (Phi) is 3.22. The Bertz CT molecular complexity index is 837. The van der Waals surface area contributed by atoms with E-state index in [0.717, 1.165) is 0 Å². The number of anilines is 1. The van der Waals surface area contributed by atoms with Crippen LogP contribution >= 0.6 is 0 Å². The van der Waals surface area contributed by atoms with E-state index in [1.54, 1.807) is 37.3 Å². The summed E-state index contributed by atoms with van der Waals surface area (Å²) in [5.41, 5.74) is 13.0. The zero-order valence-electron chi connectivity index (χ0n) is 12.0. The van der Waals surface area contributed by atoms with E-state index in [-0.39, 0.29) is 11.6 Å². The molecule has 1 atom stereocenters. The quantitative estimate of drug-likeness (QED) is 0.767. The van der Waals surface area contributed by atoms with Crippen molar-refractivity contribution in [2.45, 2.75) is 18.5 Å². The third kappa shape index (κ3) is 2.58. The van der Waals surface area contributed by atoms with E-state index >= 15 is 0 Å². The van der Waals surface area contributed by atoms with E-state index < -0.39 is 15.8 Å². The van der Waals surface area contributed by atoms with Crippen molar-refractivity contribution >= 4 is 21.7 Å². The van der Waals surface area contributed by atoms with Crippen LogP contribution in [-0.4, -0.2) is 24.0 Å². The van der Waals surface area contributed by atoms with Crippen molar-refractivity contribution in [1.29, 1.82) is 0 Å². The van der Waals surface area contributed by atoms with Crippen molar-refractivity contribution in [3.05, 3.63) is 53.7 Å². The molecule has 8 heteroatoms. The molecule has 0 aliphatic carbocycles. The second-order valence-electron chi connectivity index (χ2n) is 5.39. The second-order valence-corrected chi connectivity index (χ2v) is 7.23. The van der Waals surface area contributed by atoms with Crippen LogP contribution in [0.25, 0.3) is 0 Å². The lowest BCUT2D eigenvalue weighted by Crippen LogP contribution is -2.48. The average molecular weight is 319 g/mol. The first kappa shape index (κ1) is 14.6. The van der Waals surface area contributed by atoms with Gasteiger partial charge in [0, 0.05) is 6.20 Å². The molecule has 0 fully saturated rings. The van der Waals surface area contributed by atoms with Gasteiger partial charge in [0.1, 0.15) is 11.7 Å². The Morgan fingerprint density at radius 1 is 1.27 bits per heavy atom. The topological polar surface area (TPSA) is 115 Å². The Morgan fingerprint density at radius 2 is 1.95 bits per heavy atom. The van der Waals surface area contributed by atoms with Crippen LogP contribution in [-0.2, 0) is 15.8 Å². The number of fused-ring (bicyclic) bond motifs is 1. The van der Waals surface area contributed by atoms with Crippen LogP contribution in [0.4, 0.5) is 5.82 Å². The standard InChI is InChI=1S/C14H17N5O2S/c1-14(16)17-12(15)11-7-8-19(13(11)18-14)22(20,21)9-10-5-3-2-4-6-10/h2-8,18H,9,16H2,1H3,(H2,15,17). The maximum Gasteiger partial charge on any atom is 0.244 e. The van der Waals surface area contributed by atoms with Crippen LogP contribution in [0.15, 0.2) is 47.6 Å². The molecule has 0 spiro atoms. The van der Waals surface area contributed by atoms with E-state index in [0.29, 0.717) is 16.9 Å². The third-order valence-corrected chi connectivity index (χ3v) is 4.95. The zero-order chi connectivity index (χ0) is 16.0. The molecule has 2 aromatic rings. The summed E-state index contributed by atoms with van der Waals surface area (Å²) in [6.45, 7) is 1.62. The van der Waals surface area contributed by atoms with Gasteiger partial charge in [-0.25, -0.2) is 17.4 Å². The number of hydrogen-bond acceptors (Lipinski definition) is 6. The smallest absolute Gasteiger partial charge is 0.244 e. The van der Waals surface area contributed by atoms with Crippen LogP contribution in [0.1, 0.15) is 18.1 Å². The number of nitrogens with two attached hydrogens (primary N) is 2. The number of aliphatic imine (C=N–C) groups is 1. The van der Waals surface area contributed by atoms with Crippen LogP contribution in [0, 0.1) is 0 Å². The predicted molar refractivity (Wildman–Crippen MR) is 85.8 cm³/mol. The van der Waals surface area contributed by atoms with Gasteiger partial charge in [-0.05, 0) is 18.6 Å². The summed E-state index contributed by atoms with van der Waals surface area (Å²) < 4.78 is 26.5. The number of benzene rings is 1. The lowest BCUT2D eigenvalue weighted by Gasteiger charge is -2.29. The van der Waals surface area contributed by atoms with E-state index in [2.05, 4.69) is 10.3 Å². The van der Waals surface area contributed by atoms with Crippen molar-refractivity contribution in [2.75, 3.05) is 5.32 Å². The minimum atomic E-state index is -3.60. The van der Waals surface area contributed by atoms with Gasteiger partial charge < -0.3 is 11.1 Å². The molecule has 22 heavy (non-hydrogen) atoms. The van der Waals surface area contributed by atoms with Gasteiger partial charge in [0.2, 0.25) is 10.0 Å². The first-order valence-electron chi connectivity index (χ1n) is 6.70. The van der Waals surface area contributed by atoms with Gasteiger partial charge in [-0.3, -0.25) is 5.73 Å². The molecule has 0 radical (unpaired) electrons. The SMILES string of the molecule is CC1(N)N=C(N)c2ccn(S(=O)(=O)Cc3ccccc3)c2N1. The number of nitrogens with zero attached hydrogens (tertiary/aromatic N) is 2. The van der Waals surface area contributed by atoms with Crippen molar-refractivity contribution < 1.29 is 8.42 Å². The highest BCUT2D eigenvalue weighted by Crippen LogP contribution is 2.27.